The zero-order valence-corrected chi connectivity index (χ0v) is 11.8. The predicted molar refractivity (Wildman–Crippen MR) is 70.9 cm³/mol. The average molecular weight is 284 g/mol. The van der Waals surface area contributed by atoms with Gasteiger partial charge in [-0.25, -0.2) is 4.79 Å². The summed E-state index contributed by atoms with van der Waals surface area (Å²) in [6, 6.07) is 0.436. The van der Waals surface area contributed by atoms with Gasteiger partial charge in [0.25, 0.3) is 6.01 Å². The highest BCUT2D eigenvalue weighted by Gasteiger charge is 2.27. The molecule has 1 aromatic heterocycles. The molecule has 0 N–H and O–H groups in total. The van der Waals surface area contributed by atoms with Gasteiger partial charge in [0.05, 0.1) is 25.9 Å². The van der Waals surface area contributed by atoms with Crippen LogP contribution in [0.4, 0.5) is 6.01 Å². The Balaban J connectivity index is 1.85. The number of carbonyl (C=O) groups is 1. The third kappa shape index (κ3) is 3.71. The minimum atomic E-state index is -0.463. The van der Waals surface area contributed by atoms with Gasteiger partial charge in [0.15, 0.2) is 5.69 Å². The van der Waals surface area contributed by atoms with E-state index in [1.54, 1.807) is 14.0 Å². The van der Waals surface area contributed by atoms with Gasteiger partial charge in [-0.1, -0.05) is 0 Å². The zero-order valence-electron chi connectivity index (χ0n) is 11.8. The van der Waals surface area contributed by atoms with Gasteiger partial charge in [-0.15, -0.1) is 0 Å². The highest BCUT2D eigenvalue weighted by atomic mass is 16.5. The van der Waals surface area contributed by atoms with E-state index in [4.69, 9.17) is 18.6 Å². The van der Waals surface area contributed by atoms with E-state index in [-0.39, 0.29) is 11.8 Å². The number of esters is 1. The molecule has 112 valence electrons. The maximum absolute atomic E-state index is 11.5. The Morgan fingerprint density at radius 3 is 3.15 bits per heavy atom. The maximum atomic E-state index is 11.5. The van der Waals surface area contributed by atoms with Crippen LogP contribution in [-0.4, -0.2) is 57.1 Å². The number of hydrogen-bond donors (Lipinski definition) is 0. The molecular formula is C13H20N2O5. The van der Waals surface area contributed by atoms with Gasteiger partial charge in [0.2, 0.25) is 0 Å². The van der Waals surface area contributed by atoms with Crippen LogP contribution in [-0.2, 0) is 14.2 Å². The molecule has 20 heavy (non-hydrogen) atoms. The van der Waals surface area contributed by atoms with Crippen molar-refractivity contribution in [1.82, 2.24) is 4.98 Å². The van der Waals surface area contributed by atoms with E-state index in [2.05, 4.69) is 4.98 Å². The fourth-order valence-electron chi connectivity index (χ4n) is 2.04. The van der Waals surface area contributed by atoms with Crippen LogP contribution in [0.5, 0.6) is 0 Å². The minimum absolute atomic E-state index is 0.142. The summed E-state index contributed by atoms with van der Waals surface area (Å²) in [6.45, 7) is 4.73. The molecular weight excluding hydrogens is 264 g/mol. The zero-order chi connectivity index (χ0) is 14.4. The minimum Gasteiger partial charge on any atom is -0.461 e. The Hall–Kier alpha value is -1.60. The molecule has 2 heterocycles. The van der Waals surface area contributed by atoms with Crippen molar-refractivity contribution in [1.29, 1.82) is 0 Å². The number of hydrogen-bond acceptors (Lipinski definition) is 7. The number of rotatable bonds is 7. The molecule has 0 bridgehead atoms. The number of nitrogens with zero attached hydrogens (tertiary/aromatic N) is 2. The molecule has 0 aliphatic carbocycles. The van der Waals surface area contributed by atoms with Crippen LogP contribution < -0.4 is 4.90 Å². The third-order valence-electron chi connectivity index (χ3n) is 3.03. The van der Waals surface area contributed by atoms with Gasteiger partial charge in [-0.05, 0) is 13.3 Å². The van der Waals surface area contributed by atoms with Crippen LogP contribution >= 0.6 is 0 Å². The molecule has 0 amide bonds. The summed E-state index contributed by atoms with van der Waals surface area (Å²) >= 11 is 0. The number of aromatic nitrogens is 1. The summed E-state index contributed by atoms with van der Waals surface area (Å²) in [5.41, 5.74) is 0.200. The third-order valence-corrected chi connectivity index (χ3v) is 3.03. The van der Waals surface area contributed by atoms with Gasteiger partial charge < -0.3 is 23.5 Å². The Morgan fingerprint density at radius 1 is 1.55 bits per heavy atom. The second kappa shape index (κ2) is 7.25. The fraction of sp³-hybridized carbons (Fsp3) is 0.692. The second-order valence-electron chi connectivity index (χ2n) is 4.46. The molecule has 1 saturated heterocycles. The van der Waals surface area contributed by atoms with Crippen molar-refractivity contribution >= 4 is 12.0 Å². The molecule has 2 rings (SSSR count). The lowest BCUT2D eigenvalue weighted by atomic mass is 10.3. The molecule has 1 fully saturated rings. The lowest BCUT2D eigenvalue weighted by Gasteiger charge is -2.13. The number of ether oxygens (including phenoxy) is 3. The molecule has 0 saturated carbocycles. The Morgan fingerprint density at radius 2 is 2.40 bits per heavy atom. The average Bonchev–Trinajstić information content (AvgIpc) is 3.08. The van der Waals surface area contributed by atoms with Gasteiger partial charge in [0, 0.05) is 20.2 Å². The summed E-state index contributed by atoms with van der Waals surface area (Å²) < 4.78 is 20.8. The summed E-state index contributed by atoms with van der Waals surface area (Å²) in [5, 5.41) is 0. The van der Waals surface area contributed by atoms with Crippen molar-refractivity contribution in [3.63, 3.8) is 0 Å². The quantitative estimate of drug-likeness (QED) is 0.548. The first-order chi connectivity index (χ1) is 9.74. The van der Waals surface area contributed by atoms with Crippen LogP contribution in [0.2, 0.25) is 0 Å². The molecule has 1 aliphatic heterocycles. The second-order valence-corrected chi connectivity index (χ2v) is 4.46. The Bertz CT molecular complexity index is 434. The van der Waals surface area contributed by atoms with E-state index in [0.29, 0.717) is 32.4 Å². The van der Waals surface area contributed by atoms with Crippen molar-refractivity contribution in [3.05, 3.63) is 12.0 Å². The highest BCUT2D eigenvalue weighted by Crippen LogP contribution is 2.21. The van der Waals surface area contributed by atoms with Crippen LogP contribution in [0.1, 0.15) is 23.8 Å². The summed E-state index contributed by atoms with van der Waals surface area (Å²) in [7, 11) is 1.65. The van der Waals surface area contributed by atoms with Crippen LogP contribution in [0, 0.1) is 0 Å². The molecule has 7 nitrogen and oxygen atoms in total. The van der Waals surface area contributed by atoms with Crippen molar-refractivity contribution in [3.8, 4) is 0 Å². The van der Waals surface area contributed by atoms with Gasteiger partial charge in [-0.3, -0.25) is 0 Å². The summed E-state index contributed by atoms with van der Waals surface area (Å²) in [5.74, 6) is -0.463. The van der Waals surface area contributed by atoms with E-state index >= 15 is 0 Å². The molecule has 1 atom stereocenters. The Kier molecular flexibility index (Phi) is 5.37. The smallest absolute Gasteiger partial charge is 0.360 e. The van der Waals surface area contributed by atoms with Crippen molar-refractivity contribution in [2.45, 2.75) is 19.4 Å². The standard InChI is InChI=1S/C13H20N2O5/c1-3-18-12(16)11-9-20-13(14-11)15-5-4-10(8-15)19-7-6-17-2/h9-10H,3-8H2,1-2H3/t10-/m0/s1. The van der Waals surface area contributed by atoms with E-state index < -0.39 is 5.97 Å². The fourth-order valence-corrected chi connectivity index (χ4v) is 2.04. The van der Waals surface area contributed by atoms with Gasteiger partial charge >= 0.3 is 5.97 Å². The van der Waals surface area contributed by atoms with Crippen molar-refractivity contribution < 1.29 is 23.4 Å². The van der Waals surface area contributed by atoms with E-state index in [9.17, 15) is 4.79 Å². The first-order valence-electron chi connectivity index (χ1n) is 6.72. The maximum Gasteiger partial charge on any atom is 0.360 e. The van der Waals surface area contributed by atoms with Crippen LogP contribution in [0.25, 0.3) is 0 Å². The largest absolute Gasteiger partial charge is 0.461 e. The number of carbonyl (C=O) groups excluding carboxylic acids is 1. The van der Waals surface area contributed by atoms with Crippen LogP contribution in [0.15, 0.2) is 10.7 Å². The highest BCUT2D eigenvalue weighted by molar-refractivity contribution is 5.87. The number of anilines is 1. The predicted octanol–water partition coefficient (Wildman–Crippen LogP) is 1.09. The summed E-state index contributed by atoms with van der Waals surface area (Å²) in [6.07, 6.45) is 2.37. The van der Waals surface area contributed by atoms with E-state index in [1.165, 1.54) is 6.26 Å². The van der Waals surface area contributed by atoms with E-state index in [0.717, 1.165) is 13.0 Å². The molecule has 1 aliphatic rings. The summed E-state index contributed by atoms with van der Waals surface area (Å²) in [4.78, 5) is 17.6. The Labute approximate surface area is 117 Å². The molecule has 0 unspecified atom stereocenters. The number of methoxy groups -OCH3 is 1. The normalized spacial score (nSPS) is 18.5. The molecule has 0 radical (unpaired) electrons. The molecule has 1 aromatic rings. The lowest BCUT2D eigenvalue weighted by molar-refractivity contribution is 0.0279. The SMILES string of the molecule is CCOC(=O)c1coc(N2CC[C@H](OCCOC)C2)n1. The van der Waals surface area contributed by atoms with E-state index in [1.807, 2.05) is 4.90 Å². The van der Waals surface area contributed by atoms with Crippen molar-refractivity contribution in [2.24, 2.45) is 0 Å². The van der Waals surface area contributed by atoms with Gasteiger partial charge in [-0.2, -0.15) is 4.98 Å². The first-order valence-corrected chi connectivity index (χ1v) is 6.72. The molecule has 0 aromatic carbocycles. The number of oxazole rings is 1. The van der Waals surface area contributed by atoms with Crippen molar-refractivity contribution in [2.75, 3.05) is 44.9 Å². The molecule has 0 spiro atoms. The van der Waals surface area contributed by atoms with Crippen LogP contribution in [0.3, 0.4) is 0 Å². The van der Waals surface area contributed by atoms with Gasteiger partial charge in [0.1, 0.15) is 6.26 Å². The first kappa shape index (κ1) is 14.8. The monoisotopic (exact) mass is 284 g/mol. The molecule has 7 heteroatoms. The topological polar surface area (TPSA) is 74.0 Å². The lowest BCUT2D eigenvalue weighted by Crippen LogP contribution is -2.24.